The SMILES string of the molecule is Cc1cc2c(N(C)CC3CCCOC3)nc(NN)nc2s1. The minimum absolute atomic E-state index is 0.464. The van der Waals surface area contributed by atoms with E-state index in [-0.39, 0.29) is 0 Å². The van der Waals surface area contributed by atoms with Crippen LogP contribution in [-0.4, -0.2) is 36.8 Å². The van der Waals surface area contributed by atoms with Gasteiger partial charge < -0.3 is 9.64 Å². The fourth-order valence-corrected chi connectivity index (χ4v) is 3.68. The molecule has 0 aliphatic carbocycles. The maximum Gasteiger partial charge on any atom is 0.240 e. The molecule has 1 aliphatic heterocycles. The van der Waals surface area contributed by atoms with Crippen LogP contribution in [0.15, 0.2) is 6.07 Å². The van der Waals surface area contributed by atoms with Crippen LogP contribution in [-0.2, 0) is 4.74 Å². The number of ether oxygens (including phenoxy) is 1. The molecule has 1 unspecified atom stereocenters. The molecule has 0 amide bonds. The number of hydrogen-bond donors (Lipinski definition) is 2. The topological polar surface area (TPSA) is 76.3 Å². The standard InChI is InChI=1S/C14H21N5OS/c1-9-6-11-12(16-14(18-15)17-13(11)21-9)19(2)7-10-4-3-5-20-8-10/h6,10H,3-5,7-8,15H2,1-2H3,(H,16,17,18). The van der Waals surface area contributed by atoms with Gasteiger partial charge in [-0.25, -0.2) is 10.8 Å². The van der Waals surface area contributed by atoms with E-state index in [4.69, 9.17) is 10.6 Å². The third-order valence-corrected chi connectivity index (χ3v) is 4.72. The Morgan fingerprint density at radius 1 is 1.52 bits per heavy atom. The number of thiophene rings is 1. The lowest BCUT2D eigenvalue weighted by atomic mass is 10.0. The number of rotatable bonds is 4. The number of aryl methyl sites for hydroxylation is 1. The lowest BCUT2D eigenvalue weighted by Gasteiger charge is -2.28. The van der Waals surface area contributed by atoms with Gasteiger partial charge >= 0.3 is 0 Å². The molecule has 3 rings (SSSR count). The van der Waals surface area contributed by atoms with Crippen LogP contribution < -0.4 is 16.2 Å². The van der Waals surface area contributed by atoms with Crippen molar-refractivity contribution >= 4 is 33.3 Å². The molecule has 0 saturated carbocycles. The van der Waals surface area contributed by atoms with Gasteiger partial charge in [0.1, 0.15) is 10.6 Å². The molecular formula is C14H21N5OS. The van der Waals surface area contributed by atoms with E-state index in [0.717, 1.165) is 42.2 Å². The zero-order valence-corrected chi connectivity index (χ0v) is 13.2. The van der Waals surface area contributed by atoms with Gasteiger partial charge in [0.05, 0.1) is 12.0 Å². The number of nitrogens with two attached hydrogens (primary N) is 1. The zero-order chi connectivity index (χ0) is 14.8. The van der Waals surface area contributed by atoms with Crippen LogP contribution in [0.4, 0.5) is 11.8 Å². The van der Waals surface area contributed by atoms with Crippen molar-refractivity contribution in [3.63, 3.8) is 0 Å². The van der Waals surface area contributed by atoms with E-state index in [1.165, 1.54) is 11.3 Å². The van der Waals surface area contributed by atoms with Gasteiger partial charge in [0.2, 0.25) is 5.95 Å². The first kappa shape index (κ1) is 14.5. The monoisotopic (exact) mass is 307 g/mol. The van der Waals surface area contributed by atoms with E-state index in [0.29, 0.717) is 11.9 Å². The van der Waals surface area contributed by atoms with Gasteiger partial charge in [0.15, 0.2) is 0 Å². The first-order valence-electron chi connectivity index (χ1n) is 7.21. The number of nitrogens with zero attached hydrogens (tertiary/aromatic N) is 3. The summed E-state index contributed by atoms with van der Waals surface area (Å²) >= 11 is 1.66. The molecule has 6 nitrogen and oxygen atoms in total. The molecule has 1 atom stereocenters. The molecule has 0 radical (unpaired) electrons. The van der Waals surface area contributed by atoms with E-state index in [1.54, 1.807) is 11.3 Å². The summed E-state index contributed by atoms with van der Waals surface area (Å²) in [5.41, 5.74) is 2.56. The van der Waals surface area contributed by atoms with Gasteiger partial charge in [-0.2, -0.15) is 4.98 Å². The van der Waals surface area contributed by atoms with Gasteiger partial charge in [0.25, 0.3) is 0 Å². The van der Waals surface area contributed by atoms with Crippen LogP contribution in [0.1, 0.15) is 17.7 Å². The van der Waals surface area contributed by atoms with Gasteiger partial charge in [-0.05, 0) is 31.7 Å². The van der Waals surface area contributed by atoms with Crippen molar-refractivity contribution in [2.75, 3.05) is 37.1 Å². The van der Waals surface area contributed by atoms with Crippen molar-refractivity contribution in [1.29, 1.82) is 0 Å². The highest BCUT2D eigenvalue weighted by Gasteiger charge is 2.19. The molecule has 114 valence electrons. The Balaban J connectivity index is 1.89. The summed E-state index contributed by atoms with van der Waals surface area (Å²) in [6.07, 6.45) is 2.36. The molecule has 0 spiro atoms. The molecule has 1 fully saturated rings. The summed E-state index contributed by atoms with van der Waals surface area (Å²) in [7, 11) is 2.07. The summed E-state index contributed by atoms with van der Waals surface area (Å²) < 4.78 is 5.57. The van der Waals surface area contributed by atoms with E-state index in [9.17, 15) is 0 Å². The predicted molar refractivity (Wildman–Crippen MR) is 86.8 cm³/mol. The van der Waals surface area contributed by atoms with Gasteiger partial charge in [0, 0.05) is 25.1 Å². The van der Waals surface area contributed by atoms with E-state index < -0.39 is 0 Å². The Labute approximate surface area is 128 Å². The Kier molecular flexibility index (Phi) is 4.23. The highest BCUT2D eigenvalue weighted by Crippen LogP contribution is 2.31. The number of anilines is 2. The van der Waals surface area contributed by atoms with Crippen molar-refractivity contribution in [2.45, 2.75) is 19.8 Å². The molecule has 2 aromatic heterocycles. The molecule has 1 aliphatic rings. The molecule has 0 aromatic carbocycles. The fraction of sp³-hybridized carbons (Fsp3) is 0.571. The Morgan fingerprint density at radius 3 is 3.10 bits per heavy atom. The van der Waals surface area contributed by atoms with Crippen molar-refractivity contribution in [2.24, 2.45) is 11.8 Å². The second-order valence-corrected chi connectivity index (χ2v) is 6.79. The Hall–Kier alpha value is -1.44. The molecular weight excluding hydrogens is 286 g/mol. The highest BCUT2D eigenvalue weighted by atomic mass is 32.1. The summed E-state index contributed by atoms with van der Waals surface area (Å²) in [5, 5.41) is 1.09. The van der Waals surface area contributed by atoms with Crippen LogP contribution in [0.2, 0.25) is 0 Å². The number of aromatic nitrogens is 2. The molecule has 21 heavy (non-hydrogen) atoms. The quantitative estimate of drug-likeness (QED) is 0.666. The number of nitrogen functional groups attached to an aromatic ring is 1. The van der Waals surface area contributed by atoms with Crippen LogP contribution in [0.25, 0.3) is 10.2 Å². The highest BCUT2D eigenvalue weighted by molar-refractivity contribution is 7.18. The number of nitrogens with one attached hydrogen (secondary N) is 1. The third kappa shape index (κ3) is 3.09. The first-order valence-corrected chi connectivity index (χ1v) is 8.02. The second kappa shape index (κ2) is 6.13. The second-order valence-electron chi connectivity index (χ2n) is 5.55. The zero-order valence-electron chi connectivity index (χ0n) is 12.4. The molecule has 3 heterocycles. The van der Waals surface area contributed by atoms with E-state index >= 15 is 0 Å². The van der Waals surface area contributed by atoms with Crippen molar-refractivity contribution < 1.29 is 4.74 Å². The maximum absolute atomic E-state index is 5.57. The smallest absolute Gasteiger partial charge is 0.240 e. The predicted octanol–water partition coefficient (Wildman–Crippen LogP) is 2.15. The third-order valence-electron chi connectivity index (χ3n) is 3.77. The molecule has 7 heteroatoms. The maximum atomic E-state index is 5.57. The largest absolute Gasteiger partial charge is 0.381 e. The average molecular weight is 307 g/mol. The summed E-state index contributed by atoms with van der Waals surface area (Å²) in [4.78, 5) is 13.4. The number of hydrazine groups is 1. The van der Waals surface area contributed by atoms with Crippen LogP contribution in [0.5, 0.6) is 0 Å². The number of fused-ring (bicyclic) bond motifs is 1. The normalized spacial score (nSPS) is 18.9. The summed E-state index contributed by atoms with van der Waals surface area (Å²) in [6, 6.07) is 2.14. The van der Waals surface area contributed by atoms with Crippen molar-refractivity contribution in [3.05, 3.63) is 10.9 Å². The van der Waals surface area contributed by atoms with Crippen LogP contribution in [0, 0.1) is 12.8 Å². The minimum Gasteiger partial charge on any atom is -0.381 e. The summed E-state index contributed by atoms with van der Waals surface area (Å²) in [6.45, 7) is 4.75. The van der Waals surface area contributed by atoms with Gasteiger partial charge in [-0.3, -0.25) is 5.43 Å². The molecule has 2 aromatic rings. The molecule has 3 N–H and O–H groups in total. The van der Waals surface area contributed by atoms with E-state index in [1.807, 2.05) is 0 Å². The van der Waals surface area contributed by atoms with Gasteiger partial charge in [-0.15, -0.1) is 11.3 Å². The van der Waals surface area contributed by atoms with Crippen LogP contribution in [0.3, 0.4) is 0 Å². The van der Waals surface area contributed by atoms with Crippen LogP contribution >= 0.6 is 11.3 Å². The Morgan fingerprint density at radius 2 is 2.38 bits per heavy atom. The number of hydrogen-bond acceptors (Lipinski definition) is 7. The minimum atomic E-state index is 0.464. The molecule has 1 saturated heterocycles. The van der Waals surface area contributed by atoms with Crippen molar-refractivity contribution in [1.82, 2.24) is 9.97 Å². The first-order chi connectivity index (χ1) is 10.2. The van der Waals surface area contributed by atoms with E-state index in [2.05, 4.69) is 40.3 Å². The lowest BCUT2D eigenvalue weighted by Crippen LogP contribution is -2.31. The Bertz CT molecular complexity index is 623. The van der Waals surface area contributed by atoms with Crippen molar-refractivity contribution in [3.8, 4) is 0 Å². The van der Waals surface area contributed by atoms with Gasteiger partial charge in [-0.1, -0.05) is 0 Å². The lowest BCUT2D eigenvalue weighted by molar-refractivity contribution is 0.0576. The fourth-order valence-electron chi connectivity index (χ4n) is 2.81. The average Bonchev–Trinajstić information content (AvgIpc) is 2.87. The summed E-state index contributed by atoms with van der Waals surface area (Å²) in [5.74, 6) is 7.45. The molecule has 0 bridgehead atoms.